The average Bonchev–Trinajstić information content (AvgIpc) is 3.75. The summed E-state index contributed by atoms with van der Waals surface area (Å²) in [5.41, 5.74) is 19.4. The zero-order valence-electron chi connectivity index (χ0n) is 37.9. The Balaban J connectivity index is 1.17. The summed E-state index contributed by atoms with van der Waals surface area (Å²) in [4.78, 5) is 2.49. The lowest BCUT2D eigenvalue weighted by atomic mass is 9.86. The topological polar surface area (TPSA) is 28.4 Å². The standard InChI is InChI=1S/C64H50N2O/c1-64(2,3)50-41-51(65-62-54(44-21-8-4-9-22-44)32-19-33-55(62)45-23-10-5-11-24-45)43-53(42-50)66(63-56(46-25-12-6-13-26-46)34-20-35-57(63)47-27-14-7-15-28-47)52-30-18-29-48(39-52)49-37-38-61-59(40-49)58-31-16-17-36-60(58)67-61/h4-43,65H,1-3H3. The zero-order valence-corrected chi connectivity index (χ0v) is 37.9. The van der Waals surface area contributed by atoms with Crippen LogP contribution in [0.3, 0.4) is 0 Å². The molecule has 67 heavy (non-hydrogen) atoms. The lowest BCUT2D eigenvalue weighted by Gasteiger charge is -2.33. The Morgan fingerprint density at radius 2 is 0.836 bits per heavy atom. The first-order chi connectivity index (χ1) is 32.9. The first-order valence-electron chi connectivity index (χ1n) is 23.1. The number of hydrogen-bond donors (Lipinski definition) is 1. The van der Waals surface area contributed by atoms with E-state index in [1.54, 1.807) is 0 Å². The Labute approximate surface area is 393 Å². The van der Waals surface area contributed by atoms with E-state index < -0.39 is 0 Å². The van der Waals surface area contributed by atoms with E-state index >= 15 is 0 Å². The number of fused-ring (bicyclic) bond motifs is 3. The minimum atomic E-state index is -0.189. The van der Waals surface area contributed by atoms with Crippen LogP contribution in [0, 0.1) is 0 Å². The van der Waals surface area contributed by atoms with Gasteiger partial charge in [-0.1, -0.05) is 215 Å². The van der Waals surface area contributed by atoms with Crippen molar-refractivity contribution in [1.82, 2.24) is 0 Å². The van der Waals surface area contributed by atoms with Crippen molar-refractivity contribution in [3.8, 4) is 55.6 Å². The second-order valence-electron chi connectivity index (χ2n) is 18.2. The van der Waals surface area contributed by atoms with Gasteiger partial charge in [-0.05, 0) is 92.9 Å². The summed E-state index contributed by atoms with van der Waals surface area (Å²) in [7, 11) is 0. The van der Waals surface area contributed by atoms with Gasteiger partial charge in [-0.2, -0.15) is 0 Å². The van der Waals surface area contributed by atoms with E-state index in [9.17, 15) is 0 Å². The van der Waals surface area contributed by atoms with Crippen molar-refractivity contribution in [3.05, 3.63) is 248 Å². The maximum absolute atomic E-state index is 6.27. The van der Waals surface area contributed by atoms with Crippen molar-refractivity contribution in [3.63, 3.8) is 0 Å². The van der Waals surface area contributed by atoms with Gasteiger partial charge >= 0.3 is 0 Å². The fourth-order valence-electron chi connectivity index (χ4n) is 9.42. The Morgan fingerprint density at radius 1 is 0.358 bits per heavy atom. The van der Waals surface area contributed by atoms with Gasteiger partial charge in [-0.25, -0.2) is 0 Å². The van der Waals surface area contributed by atoms with E-state index in [0.29, 0.717) is 0 Å². The zero-order chi connectivity index (χ0) is 45.3. The van der Waals surface area contributed by atoms with Gasteiger partial charge in [0.15, 0.2) is 0 Å². The fourth-order valence-corrected chi connectivity index (χ4v) is 9.42. The summed E-state index contributed by atoms with van der Waals surface area (Å²) in [6.07, 6.45) is 0. The largest absolute Gasteiger partial charge is 0.456 e. The Morgan fingerprint density at radius 3 is 1.42 bits per heavy atom. The number of anilines is 5. The number of furan rings is 1. The third-order valence-electron chi connectivity index (χ3n) is 12.8. The molecular weight excluding hydrogens is 813 g/mol. The third-order valence-corrected chi connectivity index (χ3v) is 12.8. The second-order valence-corrected chi connectivity index (χ2v) is 18.2. The summed E-state index contributed by atoms with van der Waals surface area (Å²) < 4.78 is 6.27. The van der Waals surface area contributed by atoms with E-state index in [1.807, 2.05) is 12.1 Å². The molecule has 0 fully saturated rings. The van der Waals surface area contributed by atoms with Gasteiger partial charge in [0.25, 0.3) is 0 Å². The van der Waals surface area contributed by atoms with Crippen LogP contribution in [0.4, 0.5) is 28.4 Å². The van der Waals surface area contributed by atoms with Crippen LogP contribution >= 0.6 is 0 Å². The van der Waals surface area contributed by atoms with Crippen LogP contribution in [-0.4, -0.2) is 0 Å². The highest BCUT2D eigenvalue weighted by molar-refractivity contribution is 6.06. The van der Waals surface area contributed by atoms with Crippen molar-refractivity contribution in [2.45, 2.75) is 26.2 Å². The Bertz CT molecular complexity index is 3400. The highest BCUT2D eigenvalue weighted by Crippen LogP contribution is 2.49. The molecule has 0 spiro atoms. The van der Waals surface area contributed by atoms with Gasteiger partial charge in [0.05, 0.1) is 11.4 Å². The number of rotatable bonds is 10. The summed E-state index contributed by atoms with van der Waals surface area (Å²) in [5.74, 6) is 0. The maximum Gasteiger partial charge on any atom is 0.135 e. The molecule has 3 nitrogen and oxygen atoms in total. The smallest absolute Gasteiger partial charge is 0.135 e. The molecule has 3 heteroatoms. The molecule has 0 aliphatic heterocycles. The van der Waals surface area contributed by atoms with E-state index in [4.69, 9.17) is 4.42 Å². The van der Waals surface area contributed by atoms with E-state index in [0.717, 1.165) is 106 Å². The van der Waals surface area contributed by atoms with E-state index in [1.165, 1.54) is 5.56 Å². The molecule has 0 saturated heterocycles. The van der Waals surface area contributed by atoms with Crippen molar-refractivity contribution in [1.29, 1.82) is 0 Å². The van der Waals surface area contributed by atoms with Gasteiger partial charge in [-0.3, -0.25) is 0 Å². The molecule has 0 radical (unpaired) electrons. The third kappa shape index (κ3) is 8.17. The number of benzene rings is 10. The minimum absolute atomic E-state index is 0.189. The fraction of sp³-hybridized carbons (Fsp3) is 0.0625. The molecule has 1 aromatic heterocycles. The predicted octanol–water partition coefficient (Wildman–Crippen LogP) is 18.4. The van der Waals surface area contributed by atoms with Crippen LogP contribution < -0.4 is 10.2 Å². The molecule has 0 bridgehead atoms. The molecule has 0 aliphatic carbocycles. The van der Waals surface area contributed by atoms with E-state index in [2.05, 4.69) is 262 Å². The molecule has 0 amide bonds. The highest BCUT2D eigenvalue weighted by Gasteiger charge is 2.26. The number of hydrogen-bond acceptors (Lipinski definition) is 3. The van der Waals surface area contributed by atoms with Gasteiger partial charge in [0.2, 0.25) is 0 Å². The molecule has 1 N–H and O–H groups in total. The molecule has 0 atom stereocenters. The highest BCUT2D eigenvalue weighted by atomic mass is 16.3. The predicted molar refractivity (Wildman–Crippen MR) is 284 cm³/mol. The van der Waals surface area contributed by atoms with Crippen LogP contribution in [0.2, 0.25) is 0 Å². The lowest BCUT2D eigenvalue weighted by Crippen LogP contribution is -2.16. The van der Waals surface area contributed by atoms with Gasteiger partial charge in [-0.15, -0.1) is 0 Å². The summed E-state index contributed by atoms with van der Waals surface area (Å²) in [5, 5.41) is 6.29. The van der Waals surface area contributed by atoms with Crippen molar-refractivity contribution < 1.29 is 4.42 Å². The molecule has 11 rings (SSSR count). The number of nitrogens with one attached hydrogen (secondary N) is 1. The van der Waals surface area contributed by atoms with Crippen molar-refractivity contribution in [2.24, 2.45) is 0 Å². The van der Waals surface area contributed by atoms with Crippen molar-refractivity contribution >= 4 is 50.4 Å². The Hall–Kier alpha value is -8.40. The van der Waals surface area contributed by atoms with Gasteiger partial charge in [0.1, 0.15) is 11.2 Å². The molecule has 0 saturated carbocycles. The average molecular weight is 863 g/mol. The minimum Gasteiger partial charge on any atom is -0.456 e. The molecule has 10 aromatic carbocycles. The first-order valence-corrected chi connectivity index (χ1v) is 23.1. The Kier molecular flexibility index (Phi) is 10.8. The SMILES string of the molecule is CC(C)(C)c1cc(Nc2c(-c3ccccc3)cccc2-c2ccccc2)cc(N(c2cccc(-c3ccc4oc5ccccc5c4c3)c2)c2c(-c3ccccc3)cccc2-c2ccccc2)c1. The molecular formula is C64H50N2O. The molecule has 1 heterocycles. The van der Waals surface area contributed by atoms with Crippen LogP contribution in [-0.2, 0) is 5.41 Å². The quantitative estimate of drug-likeness (QED) is 0.148. The number of para-hydroxylation sites is 3. The second kappa shape index (κ2) is 17.5. The van der Waals surface area contributed by atoms with Gasteiger partial charge < -0.3 is 14.6 Å². The van der Waals surface area contributed by atoms with Gasteiger partial charge in [0, 0.05) is 50.1 Å². The summed E-state index contributed by atoms with van der Waals surface area (Å²) in [6, 6.07) is 87.2. The molecule has 0 unspecified atom stereocenters. The van der Waals surface area contributed by atoms with Crippen LogP contribution in [0.5, 0.6) is 0 Å². The van der Waals surface area contributed by atoms with Crippen LogP contribution in [0.1, 0.15) is 26.3 Å². The lowest BCUT2D eigenvalue weighted by molar-refractivity contribution is 0.590. The summed E-state index contributed by atoms with van der Waals surface area (Å²) >= 11 is 0. The van der Waals surface area contributed by atoms with E-state index in [-0.39, 0.29) is 5.41 Å². The maximum atomic E-state index is 6.27. The number of nitrogens with zero attached hydrogens (tertiary/aromatic N) is 1. The van der Waals surface area contributed by atoms with Crippen LogP contribution in [0.25, 0.3) is 77.6 Å². The van der Waals surface area contributed by atoms with Crippen molar-refractivity contribution in [2.75, 3.05) is 10.2 Å². The molecule has 11 aromatic rings. The molecule has 0 aliphatic rings. The first kappa shape index (κ1) is 41.3. The normalized spacial score (nSPS) is 11.5. The monoisotopic (exact) mass is 862 g/mol. The summed E-state index contributed by atoms with van der Waals surface area (Å²) in [6.45, 7) is 6.91. The van der Waals surface area contributed by atoms with Crippen LogP contribution in [0.15, 0.2) is 247 Å². The molecule has 322 valence electrons.